The van der Waals surface area contributed by atoms with Crippen LogP contribution in [0.5, 0.6) is 0 Å². The Morgan fingerprint density at radius 2 is 1.67 bits per heavy atom. The van der Waals surface area contributed by atoms with E-state index >= 15 is 0 Å². The van der Waals surface area contributed by atoms with E-state index in [0.717, 1.165) is 0 Å². The maximum Gasteiger partial charge on any atom is 0.224 e. The van der Waals surface area contributed by atoms with Crippen LogP contribution >= 0.6 is 0 Å². The third-order valence-corrected chi connectivity index (χ3v) is 6.44. The highest BCUT2D eigenvalue weighted by molar-refractivity contribution is 7.88. The number of rotatable bonds is 7. The second kappa shape index (κ2) is 9.20. The summed E-state index contributed by atoms with van der Waals surface area (Å²) in [5.74, 6) is -0.0618. The number of ether oxygens (including phenoxy) is 2. The molecule has 1 heterocycles. The molecule has 1 amide bonds. The van der Waals surface area contributed by atoms with Gasteiger partial charge in [-0.15, -0.1) is 0 Å². The van der Waals surface area contributed by atoms with Gasteiger partial charge in [-0.1, -0.05) is 20.8 Å². The molecular formula is C19H38N2O5S. The normalized spacial score (nSPS) is 19.2. The fourth-order valence-corrected chi connectivity index (χ4v) is 4.85. The SMILES string of the molecule is CC(OCC(CC(=O)N1CCOCC1)N(C(C)(C)C)S(C)(=O)=O)C(C)(C)C. The molecule has 1 fully saturated rings. The summed E-state index contributed by atoms with van der Waals surface area (Å²) in [5, 5.41) is 0. The van der Waals surface area contributed by atoms with Crippen LogP contribution in [-0.2, 0) is 24.3 Å². The molecule has 8 heteroatoms. The summed E-state index contributed by atoms with van der Waals surface area (Å²) in [5.41, 5.74) is -0.728. The first kappa shape index (κ1) is 24.3. The van der Waals surface area contributed by atoms with Crippen LogP contribution in [-0.4, -0.2) is 80.4 Å². The summed E-state index contributed by atoms with van der Waals surface area (Å²) in [4.78, 5) is 14.5. The Kier molecular flexibility index (Phi) is 8.29. The molecule has 0 radical (unpaired) electrons. The van der Waals surface area contributed by atoms with Crippen molar-refractivity contribution in [2.45, 2.75) is 72.6 Å². The third-order valence-electron chi connectivity index (χ3n) is 4.88. The van der Waals surface area contributed by atoms with Crippen LogP contribution < -0.4 is 0 Å². The molecule has 160 valence electrons. The smallest absolute Gasteiger partial charge is 0.224 e. The average Bonchev–Trinajstić information content (AvgIpc) is 2.49. The zero-order valence-corrected chi connectivity index (χ0v) is 19.1. The van der Waals surface area contributed by atoms with Crippen molar-refractivity contribution in [2.24, 2.45) is 5.41 Å². The molecule has 1 rings (SSSR count). The molecular weight excluding hydrogens is 368 g/mol. The van der Waals surface area contributed by atoms with E-state index < -0.39 is 21.6 Å². The van der Waals surface area contributed by atoms with Gasteiger partial charge >= 0.3 is 0 Å². The quantitative estimate of drug-likeness (QED) is 0.647. The molecule has 27 heavy (non-hydrogen) atoms. The first-order chi connectivity index (χ1) is 12.1. The van der Waals surface area contributed by atoms with Gasteiger partial charge in [0.1, 0.15) is 0 Å². The second-order valence-electron chi connectivity index (χ2n) is 9.42. The Morgan fingerprint density at radius 1 is 1.15 bits per heavy atom. The van der Waals surface area contributed by atoms with Gasteiger partial charge in [-0.25, -0.2) is 8.42 Å². The topological polar surface area (TPSA) is 76.2 Å². The first-order valence-corrected chi connectivity index (χ1v) is 11.5. The van der Waals surface area contributed by atoms with Crippen molar-refractivity contribution >= 4 is 15.9 Å². The Labute approximate surface area is 165 Å². The predicted octanol–water partition coefficient (Wildman–Crippen LogP) is 2.12. The largest absolute Gasteiger partial charge is 0.378 e. The van der Waals surface area contributed by atoms with E-state index in [2.05, 4.69) is 20.8 Å². The number of amides is 1. The van der Waals surface area contributed by atoms with Crippen molar-refractivity contribution in [3.63, 3.8) is 0 Å². The van der Waals surface area contributed by atoms with Gasteiger partial charge in [0.05, 0.1) is 38.2 Å². The molecule has 1 aliphatic heterocycles. The van der Waals surface area contributed by atoms with Crippen molar-refractivity contribution in [1.29, 1.82) is 0 Å². The van der Waals surface area contributed by atoms with Crippen LogP contribution in [0.1, 0.15) is 54.9 Å². The van der Waals surface area contributed by atoms with Crippen molar-refractivity contribution in [3.8, 4) is 0 Å². The average molecular weight is 407 g/mol. The Bertz CT molecular complexity index is 586. The van der Waals surface area contributed by atoms with Gasteiger partial charge < -0.3 is 14.4 Å². The Morgan fingerprint density at radius 3 is 2.07 bits per heavy atom. The molecule has 0 aromatic heterocycles. The molecule has 0 saturated carbocycles. The summed E-state index contributed by atoms with van der Waals surface area (Å²) in [6.45, 7) is 16.0. The summed E-state index contributed by atoms with van der Waals surface area (Å²) in [6, 6.07) is -0.555. The second-order valence-corrected chi connectivity index (χ2v) is 11.3. The first-order valence-electron chi connectivity index (χ1n) is 9.60. The molecule has 0 N–H and O–H groups in total. The van der Waals surface area contributed by atoms with Gasteiger partial charge in [0.2, 0.25) is 15.9 Å². The van der Waals surface area contributed by atoms with Crippen LogP contribution in [0.2, 0.25) is 0 Å². The lowest BCUT2D eigenvalue weighted by molar-refractivity contribution is -0.137. The van der Waals surface area contributed by atoms with Gasteiger partial charge in [0.15, 0.2) is 0 Å². The Balaban J connectivity index is 3.04. The van der Waals surface area contributed by atoms with Gasteiger partial charge in [0, 0.05) is 25.0 Å². The molecule has 0 bridgehead atoms. The zero-order chi connectivity index (χ0) is 21.0. The van der Waals surface area contributed by atoms with E-state index in [-0.39, 0.29) is 30.5 Å². The molecule has 2 unspecified atom stereocenters. The highest BCUT2D eigenvalue weighted by Crippen LogP contribution is 2.26. The lowest BCUT2D eigenvalue weighted by atomic mass is 9.90. The van der Waals surface area contributed by atoms with Crippen molar-refractivity contribution in [1.82, 2.24) is 9.21 Å². The van der Waals surface area contributed by atoms with E-state index in [1.54, 1.807) is 4.90 Å². The van der Waals surface area contributed by atoms with E-state index in [1.165, 1.54) is 10.6 Å². The number of nitrogens with zero attached hydrogens (tertiary/aromatic N) is 2. The standard InChI is InChI=1S/C19H38N2O5S/c1-15(18(2,3)4)26-14-16(21(19(5,6)7)27(8,23)24)13-17(22)20-9-11-25-12-10-20/h15-16H,9-14H2,1-8H3. The van der Waals surface area contributed by atoms with E-state index in [9.17, 15) is 13.2 Å². The van der Waals surface area contributed by atoms with Gasteiger partial charge in [-0.3, -0.25) is 4.79 Å². The summed E-state index contributed by atoms with van der Waals surface area (Å²) in [7, 11) is -3.52. The van der Waals surface area contributed by atoms with Gasteiger partial charge in [-0.05, 0) is 33.1 Å². The Hall–Kier alpha value is -0.700. The molecule has 0 aromatic rings. The molecule has 0 spiro atoms. The number of carbonyl (C=O) groups excluding carboxylic acids is 1. The fourth-order valence-electron chi connectivity index (χ4n) is 3.17. The van der Waals surface area contributed by atoms with Crippen molar-refractivity contribution < 1.29 is 22.7 Å². The monoisotopic (exact) mass is 406 g/mol. The number of hydrogen-bond donors (Lipinski definition) is 0. The van der Waals surface area contributed by atoms with Crippen LogP contribution in [0.25, 0.3) is 0 Å². The number of carbonyl (C=O) groups is 1. The molecule has 0 aromatic carbocycles. The lowest BCUT2D eigenvalue weighted by Crippen LogP contribution is -2.55. The minimum atomic E-state index is -3.52. The molecule has 1 aliphatic rings. The van der Waals surface area contributed by atoms with Crippen LogP contribution in [0.4, 0.5) is 0 Å². The predicted molar refractivity (Wildman–Crippen MR) is 107 cm³/mol. The number of hydrogen-bond acceptors (Lipinski definition) is 5. The minimum absolute atomic E-state index is 0.0618. The number of sulfonamides is 1. The minimum Gasteiger partial charge on any atom is -0.378 e. The maximum atomic E-state index is 12.8. The summed E-state index contributed by atoms with van der Waals surface area (Å²) in [6.07, 6.45) is 1.22. The zero-order valence-electron chi connectivity index (χ0n) is 18.2. The van der Waals surface area contributed by atoms with Crippen LogP contribution in [0.3, 0.4) is 0 Å². The van der Waals surface area contributed by atoms with Gasteiger partial charge in [-0.2, -0.15) is 4.31 Å². The number of morpholine rings is 1. The molecule has 0 aliphatic carbocycles. The molecule has 7 nitrogen and oxygen atoms in total. The highest BCUT2D eigenvalue weighted by Gasteiger charge is 2.39. The van der Waals surface area contributed by atoms with Crippen molar-refractivity contribution in [3.05, 3.63) is 0 Å². The lowest BCUT2D eigenvalue weighted by Gasteiger charge is -2.41. The third kappa shape index (κ3) is 7.68. The van der Waals surface area contributed by atoms with E-state index in [4.69, 9.17) is 9.47 Å². The van der Waals surface area contributed by atoms with Crippen LogP contribution in [0.15, 0.2) is 0 Å². The highest BCUT2D eigenvalue weighted by atomic mass is 32.2. The van der Waals surface area contributed by atoms with E-state index in [0.29, 0.717) is 26.3 Å². The maximum absolute atomic E-state index is 12.8. The van der Waals surface area contributed by atoms with E-state index in [1.807, 2.05) is 27.7 Å². The molecule has 2 atom stereocenters. The summed E-state index contributed by atoms with van der Waals surface area (Å²) < 4.78 is 37.8. The molecule has 1 saturated heterocycles. The fraction of sp³-hybridized carbons (Fsp3) is 0.947. The van der Waals surface area contributed by atoms with Crippen LogP contribution in [0, 0.1) is 5.41 Å². The van der Waals surface area contributed by atoms with Gasteiger partial charge in [0.25, 0.3) is 0 Å². The van der Waals surface area contributed by atoms with Crippen molar-refractivity contribution in [2.75, 3.05) is 39.2 Å². The summed E-state index contributed by atoms with van der Waals surface area (Å²) >= 11 is 0.